The van der Waals surface area contributed by atoms with Crippen LogP contribution in [-0.2, 0) is 24.0 Å². The summed E-state index contributed by atoms with van der Waals surface area (Å²) >= 11 is 0. The third-order valence-corrected chi connectivity index (χ3v) is 7.64. The second-order valence-corrected chi connectivity index (χ2v) is 10.2. The molecule has 214 valence electrons. The number of likely N-dealkylation sites (tertiary alicyclic amines) is 2. The number of fused-ring (bicyclic) bond motifs is 4. The number of ether oxygens (including phenoxy) is 1. The summed E-state index contributed by atoms with van der Waals surface area (Å²) in [5, 5.41) is 16.2. The lowest BCUT2D eigenvalue weighted by molar-refractivity contribution is -0.192. The SMILES string of the molecule is Cn1ccc(C(=O)N2CCC3(CC2)Oc2ccccc2-c2c3cnn2CCN2CCCC2)n1.O=C(O)C(F)(F)F. The van der Waals surface area contributed by atoms with E-state index in [4.69, 9.17) is 19.7 Å². The monoisotopic (exact) mass is 560 g/mol. The first-order valence-corrected chi connectivity index (χ1v) is 13.2. The van der Waals surface area contributed by atoms with Crippen LogP contribution in [-0.4, -0.2) is 85.2 Å². The molecular formula is C27H31F3N6O4. The minimum absolute atomic E-state index is 0.0109. The molecule has 0 atom stereocenters. The number of para-hydroxylation sites is 1. The Morgan fingerprint density at radius 3 is 2.35 bits per heavy atom. The van der Waals surface area contributed by atoms with E-state index < -0.39 is 17.7 Å². The van der Waals surface area contributed by atoms with Gasteiger partial charge in [-0.15, -0.1) is 0 Å². The van der Waals surface area contributed by atoms with Gasteiger partial charge in [-0.25, -0.2) is 4.79 Å². The average Bonchev–Trinajstić information content (AvgIpc) is 3.69. The number of hydrogen-bond donors (Lipinski definition) is 1. The molecule has 1 spiro atoms. The molecule has 0 bridgehead atoms. The molecule has 3 aliphatic rings. The highest BCUT2D eigenvalue weighted by Crippen LogP contribution is 2.49. The minimum atomic E-state index is -5.08. The zero-order chi connectivity index (χ0) is 28.5. The molecule has 3 aliphatic heterocycles. The molecule has 3 aromatic rings. The number of rotatable bonds is 4. The van der Waals surface area contributed by atoms with Gasteiger partial charge in [0.05, 0.1) is 18.4 Å². The Hall–Kier alpha value is -3.87. The van der Waals surface area contributed by atoms with Crippen LogP contribution in [0, 0.1) is 0 Å². The summed E-state index contributed by atoms with van der Waals surface area (Å²) in [6.07, 6.45) is 2.80. The predicted molar refractivity (Wildman–Crippen MR) is 138 cm³/mol. The Labute approximate surface area is 228 Å². The van der Waals surface area contributed by atoms with Gasteiger partial charge in [0.2, 0.25) is 0 Å². The number of benzene rings is 1. The van der Waals surface area contributed by atoms with Gasteiger partial charge in [0.15, 0.2) is 0 Å². The number of carbonyl (C=O) groups excluding carboxylic acids is 1. The van der Waals surface area contributed by atoms with Crippen molar-refractivity contribution >= 4 is 11.9 Å². The van der Waals surface area contributed by atoms with Crippen LogP contribution in [0.1, 0.15) is 41.7 Å². The van der Waals surface area contributed by atoms with Crippen molar-refractivity contribution in [2.45, 2.75) is 44.0 Å². The van der Waals surface area contributed by atoms with Crippen LogP contribution in [0.15, 0.2) is 42.7 Å². The smallest absolute Gasteiger partial charge is 0.482 e. The van der Waals surface area contributed by atoms with E-state index in [9.17, 15) is 18.0 Å². The van der Waals surface area contributed by atoms with Gasteiger partial charge in [0.25, 0.3) is 5.91 Å². The molecule has 2 saturated heterocycles. The average molecular weight is 561 g/mol. The highest BCUT2D eigenvalue weighted by molar-refractivity contribution is 5.92. The zero-order valence-electron chi connectivity index (χ0n) is 22.1. The van der Waals surface area contributed by atoms with E-state index in [1.54, 1.807) is 10.7 Å². The van der Waals surface area contributed by atoms with E-state index in [1.807, 2.05) is 30.4 Å². The Balaban J connectivity index is 0.000000411. The highest BCUT2D eigenvalue weighted by Gasteiger charge is 2.46. The van der Waals surface area contributed by atoms with Crippen molar-refractivity contribution in [1.82, 2.24) is 29.4 Å². The second-order valence-electron chi connectivity index (χ2n) is 10.2. The van der Waals surface area contributed by atoms with Gasteiger partial charge in [-0.1, -0.05) is 12.1 Å². The number of hydrogen-bond acceptors (Lipinski definition) is 6. The normalized spacial score (nSPS) is 17.9. The number of carboxylic acids is 1. The summed E-state index contributed by atoms with van der Waals surface area (Å²) in [7, 11) is 1.83. The van der Waals surface area contributed by atoms with Gasteiger partial charge in [0.1, 0.15) is 17.0 Å². The molecule has 1 N–H and O–H groups in total. The number of aromatic nitrogens is 4. The molecule has 6 rings (SSSR count). The number of carbonyl (C=O) groups is 2. The van der Waals surface area contributed by atoms with E-state index in [-0.39, 0.29) is 5.91 Å². The molecule has 40 heavy (non-hydrogen) atoms. The summed E-state index contributed by atoms with van der Waals surface area (Å²) in [5.41, 5.74) is 3.51. The van der Waals surface area contributed by atoms with Crippen molar-refractivity contribution < 1.29 is 32.6 Å². The Morgan fingerprint density at radius 2 is 1.73 bits per heavy atom. The Bertz CT molecular complexity index is 1370. The first kappa shape index (κ1) is 27.7. The zero-order valence-corrected chi connectivity index (χ0v) is 22.1. The molecule has 0 unspecified atom stereocenters. The fourth-order valence-corrected chi connectivity index (χ4v) is 5.57. The fourth-order valence-electron chi connectivity index (χ4n) is 5.57. The van der Waals surface area contributed by atoms with Crippen molar-refractivity contribution in [3.63, 3.8) is 0 Å². The van der Waals surface area contributed by atoms with E-state index in [2.05, 4.69) is 32.9 Å². The lowest BCUT2D eigenvalue weighted by Gasteiger charge is -2.44. The number of amides is 1. The van der Waals surface area contributed by atoms with Gasteiger partial charge >= 0.3 is 12.1 Å². The minimum Gasteiger partial charge on any atom is -0.482 e. The molecular weight excluding hydrogens is 529 g/mol. The van der Waals surface area contributed by atoms with Crippen molar-refractivity contribution in [2.75, 3.05) is 32.7 Å². The molecule has 2 aromatic heterocycles. The lowest BCUT2D eigenvalue weighted by atomic mass is 9.81. The third-order valence-electron chi connectivity index (χ3n) is 7.64. The number of aliphatic carboxylic acids is 1. The van der Waals surface area contributed by atoms with Crippen molar-refractivity contribution in [3.05, 3.63) is 54.0 Å². The number of piperidine rings is 1. The van der Waals surface area contributed by atoms with Crippen LogP contribution < -0.4 is 4.74 Å². The summed E-state index contributed by atoms with van der Waals surface area (Å²) in [5.74, 6) is -1.85. The van der Waals surface area contributed by atoms with Gasteiger partial charge in [0, 0.05) is 56.8 Å². The molecule has 5 heterocycles. The van der Waals surface area contributed by atoms with Crippen LogP contribution in [0.3, 0.4) is 0 Å². The van der Waals surface area contributed by atoms with Crippen LogP contribution in [0.4, 0.5) is 13.2 Å². The van der Waals surface area contributed by atoms with Gasteiger partial charge in [-0.3, -0.25) is 14.2 Å². The first-order chi connectivity index (χ1) is 19.1. The van der Waals surface area contributed by atoms with Crippen molar-refractivity contribution in [1.29, 1.82) is 0 Å². The lowest BCUT2D eigenvalue weighted by Crippen LogP contribution is -2.49. The van der Waals surface area contributed by atoms with Gasteiger partial charge in [-0.05, 0) is 44.1 Å². The first-order valence-electron chi connectivity index (χ1n) is 13.2. The number of carboxylic acid groups (broad SMARTS) is 1. The van der Waals surface area contributed by atoms with E-state index in [0.29, 0.717) is 18.8 Å². The molecule has 10 nitrogen and oxygen atoms in total. The summed E-state index contributed by atoms with van der Waals surface area (Å²) in [4.78, 5) is 26.2. The summed E-state index contributed by atoms with van der Waals surface area (Å²) in [6, 6.07) is 10.1. The van der Waals surface area contributed by atoms with Gasteiger partial charge in [-0.2, -0.15) is 23.4 Å². The fraction of sp³-hybridized carbons (Fsp3) is 0.481. The largest absolute Gasteiger partial charge is 0.490 e. The maximum absolute atomic E-state index is 12.9. The van der Waals surface area contributed by atoms with Gasteiger partial charge < -0.3 is 19.6 Å². The van der Waals surface area contributed by atoms with Crippen LogP contribution in [0.2, 0.25) is 0 Å². The van der Waals surface area contributed by atoms with Crippen LogP contribution in [0.5, 0.6) is 5.75 Å². The molecule has 1 aromatic carbocycles. The Kier molecular flexibility index (Phi) is 7.58. The van der Waals surface area contributed by atoms with Crippen molar-refractivity contribution in [3.8, 4) is 17.0 Å². The quantitative estimate of drug-likeness (QED) is 0.521. The standard InChI is InChI=1S/C25H30N6O2.C2HF3O2/c1-28-13-8-21(27-28)24(32)30-14-9-25(10-15-30)20-18-26-31(17-16-29-11-4-5-12-29)23(20)19-6-2-3-7-22(19)33-25;3-2(4,5)1(6)7/h2-3,6-8,13,18H,4-5,9-12,14-17H2,1H3;(H,6,7). The topological polar surface area (TPSA) is 106 Å². The highest BCUT2D eigenvalue weighted by atomic mass is 19.4. The number of halogens is 3. The molecule has 13 heteroatoms. The number of nitrogens with zero attached hydrogens (tertiary/aromatic N) is 6. The maximum atomic E-state index is 12.9. The van der Waals surface area contributed by atoms with E-state index >= 15 is 0 Å². The molecule has 2 fully saturated rings. The van der Waals surface area contributed by atoms with Crippen molar-refractivity contribution in [2.24, 2.45) is 7.05 Å². The van der Waals surface area contributed by atoms with Crippen LogP contribution >= 0.6 is 0 Å². The predicted octanol–water partition coefficient (Wildman–Crippen LogP) is 3.54. The molecule has 0 aliphatic carbocycles. The second kappa shape index (κ2) is 11.0. The molecule has 1 amide bonds. The molecule has 0 saturated carbocycles. The molecule has 0 radical (unpaired) electrons. The Morgan fingerprint density at radius 1 is 1.05 bits per heavy atom. The summed E-state index contributed by atoms with van der Waals surface area (Å²) < 4.78 is 42.3. The van der Waals surface area contributed by atoms with E-state index in [1.165, 1.54) is 31.6 Å². The summed E-state index contributed by atoms with van der Waals surface area (Å²) in [6.45, 7) is 5.55. The third kappa shape index (κ3) is 5.55. The number of alkyl halides is 3. The number of aryl methyl sites for hydroxylation is 1. The maximum Gasteiger partial charge on any atom is 0.490 e. The van der Waals surface area contributed by atoms with Crippen LogP contribution in [0.25, 0.3) is 11.3 Å². The van der Waals surface area contributed by atoms with E-state index in [0.717, 1.165) is 42.8 Å².